The van der Waals surface area contributed by atoms with E-state index in [-0.39, 0.29) is 18.0 Å². The molecule has 116 valence electrons. The van der Waals surface area contributed by atoms with Gasteiger partial charge in [0.05, 0.1) is 17.8 Å². The van der Waals surface area contributed by atoms with Gasteiger partial charge in [-0.05, 0) is 19.1 Å². The van der Waals surface area contributed by atoms with Crippen molar-refractivity contribution in [3.8, 4) is 0 Å². The van der Waals surface area contributed by atoms with E-state index in [4.69, 9.17) is 18.0 Å². The summed E-state index contributed by atoms with van der Waals surface area (Å²) in [4.78, 5) is 11.8. The van der Waals surface area contributed by atoms with Crippen molar-refractivity contribution in [3.63, 3.8) is 0 Å². The molecule has 0 heterocycles. The molecular weight excluding hydrogens is 312 g/mol. The smallest absolute Gasteiger partial charge is 0.325 e. The summed E-state index contributed by atoms with van der Waals surface area (Å²) in [6, 6.07) is 8.47. The van der Waals surface area contributed by atoms with Crippen LogP contribution in [0.2, 0.25) is 0 Å². The van der Waals surface area contributed by atoms with Gasteiger partial charge in [-0.3, -0.25) is 9.10 Å². The average molecular weight is 330 g/mol. The Bertz CT molecular complexity index is 602. The van der Waals surface area contributed by atoms with Crippen molar-refractivity contribution >= 4 is 38.9 Å². The first-order valence-electron chi connectivity index (χ1n) is 6.23. The number of carbonyl (C=O) groups excluding carboxylic acids is 1. The normalized spacial score (nSPS) is 12.5. The van der Waals surface area contributed by atoms with Crippen LogP contribution in [0.15, 0.2) is 30.3 Å². The number of sulfonamides is 1. The van der Waals surface area contributed by atoms with Gasteiger partial charge in [0.15, 0.2) is 5.25 Å². The summed E-state index contributed by atoms with van der Waals surface area (Å²) in [6.07, 6.45) is 0.220. The number of benzene rings is 1. The highest BCUT2D eigenvalue weighted by molar-refractivity contribution is 7.94. The third-order valence-electron chi connectivity index (χ3n) is 2.89. The van der Waals surface area contributed by atoms with Gasteiger partial charge in [-0.2, -0.15) is 0 Å². The molecule has 2 N–H and O–H groups in total. The van der Waals surface area contributed by atoms with Crippen molar-refractivity contribution in [2.75, 3.05) is 18.0 Å². The Balaban J connectivity index is 3.17. The average Bonchev–Trinajstić information content (AvgIpc) is 2.46. The van der Waals surface area contributed by atoms with Crippen LogP contribution >= 0.6 is 12.2 Å². The zero-order valence-corrected chi connectivity index (χ0v) is 13.5. The molecule has 1 aromatic carbocycles. The highest BCUT2D eigenvalue weighted by Crippen LogP contribution is 2.21. The van der Waals surface area contributed by atoms with Crippen molar-refractivity contribution in [2.45, 2.75) is 18.6 Å². The topological polar surface area (TPSA) is 89.7 Å². The molecule has 0 spiro atoms. The van der Waals surface area contributed by atoms with E-state index >= 15 is 0 Å². The summed E-state index contributed by atoms with van der Waals surface area (Å²) in [6.45, 7) is 1.36. The maximum Gasteiger partial charge on any atom is 0.325 e. The summed E-state index contributed by atoms with van der Waals surface area (Å²) < 4.78 is 30.8. The van der Waals surface area contributed by atoms with Gasteiger partial charge in [0.25, 0.3) is 0 Å². The lowest BCUT2D eigenvalue weighted by Crippen LogP contribution is -2.43. The van der Waals surface area contributed by atoms with E-state index in [2.05, 4.69) is 4.74 Å². The van der Waals surface area contributed by atoms with Crippen LogP contribution in [-0.2, 0) is 19.6 Å². The summed E-state index contributed by atoms with van der Waals surface area (Å²) in [5.74, 6) is -0.814. The molecule has 0 aliphatic rings. The molecule has 1 unspecified atom stereocenters. The fourth-order valence-electron chi connectivity index (χ4n) is 1.69. The second kappa shape index (κ2) is 7.37. The van der Waals surface area contributed by atoms with E-state index in [1.54, 1.807) is 30.3 Å². The van der Waals surface area contributed by atoms with E-state index in [9.17, 15) is 13.2 Å². The van der Waals surface area contributed by atoms with Crippen LogP contribution in [0.3, 0.4) is 0 Å². The highest BCUT2D eigenvalue weighted by Gasteiger charge is 2.34. The van der Waals surface area contributed by atoms with E-state index in [0.717, 1.165) is 11.4 Å². The Hall–Kier alpha value is -1.67. The number of para-hydroxylation sites is 1. The minimum absolute atomic E-state index is 0.0724. The molecular formula is C13H18N2O4S2. The minimum atomic E-state index is -3.92. The molecule has 1 rings (SSSR count). The van der Waals surface area contributed by atoms with E-state index in [1.807, 2.05) is 0 Å². The Kier molecular flexibility index (Phi) is 6.10. The summed E-state index contributed by atoms with van der Waals surface area (Å²) in [7, 11) is -2.77. The molecule has 0 aliphatic carbocycles. The summed E-state index contributed by atoms with van der Waals surface area (Å²) >= 11 is 4.79. The zero-order valence-electron chi connectivity index (χ0n) is 11.9. The van der Waals surface area contributed by atoms with Crippen LogP contribution in [0, 0.1) is 0 Å². The number of thiocarbonyl (C=S) groups is 1. The summed E-state index contributed by atoms with van der Waals surface area (Å²) in [5.41, 5.74) is 5.89. The minimum Gasteiger partial charge on any atom is -0.468 e. The van der Waals surface area contributed by atoms with Crippen LogP contribution in [-0.4, -0.2) is 38.3 Å². The lowest BCUT2D eigenvalue weighted by atomic mass is 10.3. The van der Waals surface area contributed by atoms with Crippen LogP contribution in [0.4, 0.5) is 5.69 Å². The number of anilines is 1. The molecule has 0 bridgehead atoms. The molecule has 0 fully saturated rings. The second-order valence-corrected chi connectivity index (χ2v) is 7.04. The van der Waals surface area contributed by atoms with Crippen molar-refractivity contribution in [1.29, 1.82) is 0 Å². The van der Waals surface area contributed by atoms with Gasteiger partial charge in [0, 0.05) is 13.0 Å². The Labute approximate surface area is 129 Å². The van der Waals surface area contributed by atoms with Gasteiger partial charge in [-0.15, -0.1) is 0 Å². The number of nitrogens with two attached hydrogens (primary N) is 1. The SMILES string of the molecule is COC(=O)C(C)S(=O)(=O)N(CCC(N)=S)c1ccccc1. The molecule has 0 radical (unpaired) electrons. The number of ether oxygens (including phenoxy) is 1. The molecule has 0 saturated heterocycles. The van der Waals surface area contributed by atoms with Crippen molar-refractivity contribution in [1.82, 2.24) is 0 Å². The summed E-state index contributed by atoms with van der Waals surface area (Å²) in [5, 5.41) is -1.31. The van der Waals surface area contributed by atoms with Gasteiger partial charge in [-0.1, -0.05) is 30.4 Å². The molecule has 0 aromatic heterocycles. The molecule has 21 heavy (non-hydrogen) atoms. The van der Waals surface area contributed by atoms with Crippen LogP contribution < -0.4 is 10.0 Å². The first-order valence-corrected chi connectivity index (χ1v) is 8.14. The van der Waals surface area contributed by atoms with Crippen molar-refractivity contribution in [3.05, 3.63) is 30.3 Å². The van der Waals surface area contributed by atoms with Crippen LogP contribution in [0.25, 0.3) is 0 Å². The number of rotatable bonds is 7. The zero-order chi connectivity index (χ0) is 16.0. The standard InChI is InChI=1S/C13H18N2O4S2/c1-10(13(16)19-2)21(17,18)15(9-8-12(14)20)11-6-4-3-5-7-11/h3-7,10H,8-9H2,1-2H3,(H2,14,20). The number of hydrogen-bond acceptors (Lipinski definition) is 5. The highest BCUT2D eigenvalue weighted by atomic mass is 32.2. The monoisotopic (exact) mass is 330 g/mol. The predicted octanol–water partition coefficient (Wildman–Crippen LogP) is 1.06. The molecule has 1 atom stereocenters. The fourth-order valence-corrected chi connectivity index (χ4v) is 3.26. The third kappa shape index (κ3) is 4.40. The predicted molar refractivity (Wildman–Crippen MR) is 85.6 cm³/mol. The fraction of sp³-hybridized carbons (Fsp3) is 0.385. The number of esters is 1. The lowest BCUT2D eigenvalue weighted by molar-refractivity contribution is -0.139. The second-order valence-electron chi connectivity index (χ2n) is 4.33. The maximum atomic E-state index is 12.6. The van der Waals surface area contributed by atoms with Crippen molar-refractivity contribution < 1.29 is 17.9 Å². The van der Waals surface area contributed by atoms with Gasteiger partial charge in [-0.25, -0.2) is 8.42 Å². The molecule has 6 nitrogen and oxygen atoms in total. The maximum absolute atomic E-state index is 12.6. The van der Waals surface area contributed by atoms with E-state index < -0.39 is 21.2 Å². The lowest BCUT2D eigenvalue weighted by Gasteiger charge is -2.26. The number of methoxy groups -OCH3 is 1. The quantitative estimate of drug-likeness (QED) is 0.594. The largest absolute Gasteiger partial charge is 0.468 e. The first-order chi connectivity index (χ1) is 9.80. The van der Waals surface area contributed by atoms with Crippen LogP contribution in [0.5, 0.6) is 0 Å². The molecule has 0 saturated carbocycles. The van der Waals surface area contributed by atoms with Gasteiger partial charge in [0.2, 0.25) is 10.0 Å². The Morgan fingerprint density at radius 3 is 2.43 bits per heavy atom. The third-order valence-corrected chi connectivity index (χ3v) is 5.19. The Morgan fingerprint density at radius 1 is 1.38 bits per heavy atom. The van der Waals surface area contributed by atoms with Crippen LogP contribution in [0.1, 0.15) is 13.3 Å². The number of hydrogen-bond donors (Lipinski definition) is 1. The molecule has 0 amide bonds. The molecule has 1 aromatic rings. The van der Waals surface area contributed by atoms with Gasteiger partial charge in [0.1, 0.15) is 0 Å². The van der Waals surface area contributed by atoms with Gasteiger partial charge < -0.3 is 10.5 Å². The number of carbonyl (C=O) groups is 1. The first kappa shape index (κ1) is 17.4. The molecule has 0 aliphatic heterocycles. The van der Waals surface area contributed by atoms with E-state index in [0.29, 0.717) is 5.69 Å². The van der Waals surface area contributed by atoms with Crippen molar-refractivity contribution in [2.24, 2.45) is 5.73 Å². The Morgan fingerprint density at radius 2 is 1.95 bits per heavy atom. The molecule has 8 heteroatoms. The number of nitrogens with zero attached hydrogens (tertiary/aromatic N) is 1. The van der Waals surface area contributed by atoms with Gasteiger partial charge >= 0.3 is 5.97 Å². The van der Waals surface area contributed by atoms with E-state index in [1.165, 1.54) is 6.92 Å².